The summed E-state index contributed by atoms with van der Waals surface area (Å²) in [5.41, 5.74) is 5.81. The van der Waals surface area contributed by atoms with E-state index in [0.29, 0.717) is 19.5 Å². The molecule has 2 atom stereocenters. The van der Waals surface area contributed by atoms with Crippen LogP contribution in [0.1, 0.15) is 28.7 Å². The molecule has 1 fully saturated rings. The minimum Gasteiger partial charge on any atom is -0.358 e. The first-order valence-corrected chi connectivity index (χ1v) is 11.7. The van der Waals surface area contributed by atoms with Crippen LogP contribution in [-0.2, 0) is 24.1 Å². The fraction of sp³-hybridized carbons (Fsp3) is 0.300. The van der Waals surface area contributed by atoms with E-state index in [4.69, 9.17) is 0 Å². The van der Waals surface area contributed by atoms with E-state index in [1.165, 1.54) is 16.7 Å². The van der Waals surface area contributed by atoms with E-state index in [1.54, 1.807) is 0 Å². The lowest BCUT2D eigenvalue weighted by atomic mass is 9.92. The van der Waals surface area contributed by atoms with Crippen molar-refractivity contribution in [1.29, 1.82) is 0 Å². The third-order valence-electron chi connectivity index (χ3n) is 6.36. The van der Waals surface area contributed by atoms with Crippen molar-refractivity contribution in [3.05, 3.63) is 121 Å². The van der Waals surface area contributed by atoms with Crippen molar-refractivity contribution in [2.45, 2.75) is 44.7 Å². The van der Waals surface area contributed by atoms with Gasteiger partial charge in [-0.05, 0) is 42.9 Å². The summed E-state index contributed by atoms with van der Waals surface area (Å²) in [5.74, 6) is 0.122. The molecule has 1 aliphatic heterocycles. The summed E-state index contributed by atoms with van der Waals surface area (Å²) in [5, 5.41) is 0. The topological polar surface area (TPSA) is 23.6 Å². The third-order valence-corrected chi connectivity index (χ3v) is 6.36. The molecule has 33 heavy (non-hydrogen) atoms. The summed E-state index contributed by atoms with van der Waals surface area (Å²) in [4.78, 5) is 17.8. The van der Waals surface area contributed by atoms with Gasteiger partial charge in [0.15, 0.2) is 0 Å². The predicted octanol–water partition coefficient (Wildman–Crippen LogP) is 5.67. The molecule has 0 bridgehead atoms. The highest BCUT2D eigenvalue weighted by Crippen LogP contribution is 2.29. The summed E-state index contributed by atoms with van der Waals surface area (Å²) >= 11 is 0. The van der Waals surface area contributed by atoms with Crippen LogP contribution < -0.4 is 0 Å². The first-order chi connectivity index (χ1) is 16.0. The molecule has 3 heteroatoms. The number of nitrogens with zero attached hydrogens (tertiary/aromatic N) is 2. The molecule has 1 saturated heterocycles. The first-order valence-electron chi connectivity index (χ1n) is 11.7. The molecule has 0 aromatic heterocycles. The fourth-order valence-corrected chi connectivity index (χ4v) is 4.50. The Morgan fingerprint density at radius 1 is 0.758 bits per heavy atom. The molecule has 2 aromatic rings. The van der Waals surface area contributed by atoms with E-state index < -0.39 is 0 Å². The van der Waals surface area contributed by atoms with Crippen molar-refractivity contribution in [3.8, 4) is 0 Å². The van der Waals surface area contributed by atoms with Gasteiger partial charge < -0.3 is 9.80 Å². The summed E-state index contributed by atoms with van der Waals surface area (Å²) < 4.78 is 0. The molecule has 0 saturated carbocycles. The highest BCUT2D eigenvalue weighted by atomic mass is 16.2. The number of piperazine rings is 1. The monoisotopic (exact) mass is 440 g/mol. The Labute approximate surface area is 199 Å². The maximum Gasteiger partial charge on any atom is 0.246 e. The van der Waals surface area contributed by atoms with Crippen molar-refractivity contribution >= 4 is 5.91 Å². The number of benzene rings is 2. The Morgan fingerprint density at radius 3 is 1.85 bits per heavy atom. The first kappa shape index (κ1) is 24.3. The van der Waals surface area contributed by atoms with Crippen molar-refractivity contribution in [3.63, 3.8) is 0 Å². The zero-order valence-corrected chi connectivity index (χ0v) is 19.9. The fourth-order valence-electron chi connectivity index (χ4n) is 4.50. The third kappa shape index (κ3) is 5.92. The van der Waals surface area contributed by atoms with Crippen LogP contribution >= 0.6 is 0 Å². The van der Waals surface area contributed by atoms with Crippen molar-refractivity contribution in [1.82, 2.24) is 9.80 Å². The number of carbonyl (C=O) groups excluding carboxylic acids is 1. The lowest BCUT2D eigenvalue weighted by molar-refractivity contribution is -0.141. The van der Waals surface area contributed by atoms with E-state index in [2.05, 4.69) is 86.7 Å². The largest absolute Gasteiger partial charge is 0.358 e. The summed E-state index contributed by atoms with van der Waals surface area (Å²) in [6.07, 6.45) is 8.92. The quantitative estimate of drug-likeness (QED) is 0.421. The molecule has 0 radical (unpaired) electrons. The average Bonchev–Trinajstić information content (AvgIpc) is 2.82. The van der Waals surface area contributed by atoms with Gasteiger partial charge in [0.1, 0.15) is 6.04 Å². The van der Waals surface area contributed by atoms with Gasteiger partial charge in [-0.2, -0.15) is 0 Å². The van der Waals surface area contributed by atoms with Crippen LogP contribution in [0.2, 0.25) is 0 Å². The number of rotatable bonds is 11. The second-order valence-electron chi connectivity index (χ2n) is 8.78. The predicted molar refractivity (Wildman–Crippen MR) is 139 cm³/mol. The zero-order chi connectivity index (χ0) is 23.8. The Bertz CT molecular complexity index is 987. The van der Waals surface area contributed by atoms with Gasteiger partial charge in [-0.1, -0.05) is 78.9 Å². The van der Waals surface area contributed by atoms with Crippen LogP contribution in [0.3, 0.4) is 0 Å². The van der Waals surface area contributed by atoms with Gasteiger partial charge in [-0.3, -0.25) is 4.79 Å². The minimum atomic E-state index is -0.302. The van der Waals surface area contributed by atoms with Crippen LogP contribution in [0.4, 0.5) is 0 Å². The van der Waals surface area contributed by atoms with Crippen LogP contribution in [0.15, 0.2) is 98.8 Å². The van der Waals surface area contributed by atoms with Gasteiger partial charge in [0, 0.05) is 25.2 Å². The molecule has 1 aliphatic rings. The summed E-state index contributed by atoms with van der Waals surface area (Å²) in [7, 11) is 0. The summed E-state index contributed by atoms with van der Waals surface area (Å²) in [6.45, 7) is 19.3. The maximum absolute atomic E-state index is 13.8. The normalized spacial score (nSPS) is 18.3. The van der Waals surface area contributed by atoms with Gasteiger partial charge in [0.2, 0.25) is 5.91 Å². The van der Waals surface area contributed by atoms with Gasteiger partial charge in [-0.25, -0.2) is 0 Å². The van der Waals surface area contributed by atoms with E-state index in [0.717, 1.165) is 30.5 Å². The average molecular weight is 441 g/mol. The molecule has 0 N–H and O–H groups in total. The number of aryl methyl sites for hydroxylation is 2. The van der Waals surface area contributed by atoms with E-state index >= 15 is 0 Å². The Kier molecular flexibility index (Phi) is 8.48. The van der Waals surface area contributed by atoms with Crippen LogP contribution in [0.5, 0.6) is 0 Å². The smallest absolute Gasteiger partial charge is 0.246 e. The summed E-state index contributed by atoms with van der Waals surface area (Å²) in [6, 6.07) is 16.7. The maximum atomic E-state index is 13.8. The number of amides is 1. The Morgan fingerprint density at radius 2 is 1.27 bits per heavy atom. The van der Waals surface area contributed by atoms with E-state index in [1.807, 2.05) is 23.1 Å². The number of allylic oxidation sites excluding steroid dienone is 1. The molecule has 172 valence electrons. The lowest BCUT2D eigenvalue weighted by Gasteiger charge is -2.48. The van der Waals surface area contributed by atoms with Crippen LogP contribution in [-0.4, -0.2) is 40.9 Å². The second kappa shape index (κ2) is 11.5. The molecule has 2 unspecified atom stereocenters. The molecule has 0 aliphatic carbocycles. The second-order valence-corrected chi connectivity index (χ2v) is 8.78. The number of hydrogen-bond donors (Lipinski definition) is 0. The molecule has 0 spiro atoms. The molecule has 2 aromatic carbocycles. The standard InChI is InChI=1S/C30H36N2O/c1-6-9-10-25-15-17-27(18-16-25)22-29-30(33)32(20-8-3)28(24(5)31(29)19-7-2)21-26-13-11-23(4)12-14-26/h6-8,11-18,28-29H,1-3,5,9-10,19-22H2,4H3. The molecular formula is C30H36N2O. The van der Waals surface area contributed by atoms with Crippen LogP contribution in [0.25, 0.3) is 0 Å². The van der Waals surface area contributed by atoms with Gasteiger partial charge >= 0.3 is 0 Å². The van der Waals surface area contributed by atoms with Crippen molar-refractivity contribution in [2.75, 3.05) is 13.1 Å². The van der Waals surface area contributed by atoms with E-state index in [-0.39, 0.29) is 18.0 Å². The Balaban J connectivity index is 1.86. The minimum absolute atomic E-state index is 0.101. The molecular weight excluding hydrogens is 404 g/mol. The number of carbonyl (C=O) groups is 1. The van der Waals surface area contributed by atoms with Gasteiger partial charge in [0.05, 0.1) is 6.04 Å². The molecule has 1 heterocycles. The van der Waals surface area contributed by atoms with Gasteiger partial charge in [-0.15, -0.1) is 19.7 Å². The zero-order valence-electron chi connectivity index (χ0n) is 19.9. The molecule has 3 nitrogen and oxygen atoms in total. The lowest BCUT2D eigenvalue weighted by Crippen LogP contribution is -2.61. The van der Waals surface area contributed by atoms with Crippen molar-refractivity contribution in [2.24, 2.45) is 0 Å². The highest BCUT2D eigenvalue weighted by molar-refractivity contribution is 5.84. The van der Waals surface area contributed by atoms with E-state index in [9.17, 15) is 4.79 Å². The van der Waals surface area contributed by atoms with Crippen molar-refractivity contribution < 1.29 is 4.79 Å². The molecule has 1 amide bonds. The van der Waals surface area contributed by atoms with Gasteiger partial charge in [0.25, 0.3) is 0 Å². The van der Waals surface area contributed by atoms with Crippen LogP contribution in [0, 0.1) is 6.92 Å². The Hall–Kier alpha value is -3.33. The number of hydrogen-bond acceptors (Lipinski definition) is 2. The molecule has 3 rings (SSSR count). The highest BCUT2D eigenvalue weighted by Gasteiger charge is 2.41. The SMILES string of the molecule is C=CCCc1ccc(CC2C(=O)N(CC=C)C(Cc3ccc(C)cc3)C(=C)N2CC=C)cc1.